The van der Waals surface area contributed by atoms with Gasteiger partial charge < -0.3 is 4.74 Å². The third-order valence-corrected chi connectivity index (χ3v) is 5.64. The van der Waals surface area contributed by atoms with Crippen LogP contribution < -0.4 is 0 Å². The molecule has 0 spiro atoms. The summed E-state index contributed by atoms with van der Waals surface area (Å²) in [4.78, 5) is 12.2. The van der Waals surface area contributed by atoms with Gasteiger partial charge >= 0.3 is 0 Å². The van der Waals surface area contributed by atoms with E-state index in [1.807, 2.05) is 19.1 Å². The fourth-order valence-corrected chi connectivity index (χ4v) is 3.33. The van der Waals surface area contributed by atoms with Gasteiger partial charge in [-0.25, -0.2) is 0 Å². The quantitative estimate of drug-likeness (QED) is 0.189. The molecule has 0 amide bonds. The van der Waals surface area contributed by atoms with Crippen molar-refractivity contribution in [3.8, 4) is 0 Å². The van der Waals surface area contributed by atoms with E-state index in [0.29, 0.717) is 24.4 Å². The molecule has 2 heteroatoms. The number of Topliss-reactive ketones (excluding diaryl/α,β-unsaturated/α-hetero) is 1. The second-order valence-electron chi connectivity index (χ2n) is 8.42. The van der Waals surface area contributed by atoms with Crippen molar-refractivity contribution in [2.75, 3.05) is 0 Å². The Balaban J connectivity index is 1.63. The number of unbranched alkanes of at least 4 members (excludes halogenated alkanes) is 1. The zero-order chi connectivity index (χ0) is 22.8. The van der Waals surface area contributed by atoms with Gasteiger partial charge in [-0.3, -0.25) is 4.79 Å². The summed E-state index contributed by atoms with van der Waals surface area (Å²) in [5.41, 5.74) is 6.62. The topological polar surface area (TPSA) is 26.3 Å². The van der Waals surface area contributed by atoms with Crippen LogP contribution in [0.5, 0.6) is 0 Å². The summed E-state index contributed by atoms with van der Waals surface area (Å²) in [6, 6.07) is 16.5. The SMILES string of the molecule is C=C(CCC(=O)CCCCC(=C)C(C)OC(=C)c1ccc(C)cc1)c1ccc(C)cc1. The standard InChI is InChI=1S/C29H36O2/c1-21-11-16-27(17-12-21)24(4)15-20-29(30)10-8-7-9-23(3)25(5)31-26(6)28-18-13-22(2)14-19-28/h11-14,16-19,25H,3-4,6-10,15,20H2,1-2,5H3. The zero-order valence-corrected chi connectivity index (χ0v) is 19.4. The average molecular weight is 417 g/mol. The molecule has 0 saturated heterocycles. The van der Waals surface area contributed by atoms with Gasteiger partial charge in [0.1, 0.15) is 17.6 Å². The Morgan fingerprint density at radius 2 is 1.29 bits per heavy atom. The molecule has 0 saturated carbocycles. The predicted molar refractivity (Wildman–Crippen MR) is 133 cm³/mol. The fraction of sp³-hybridized carbons (Fsp3) is 0.345. The van der Waals surface area contributed by atoms with Crippen molar-refractivity contribution < 1.29 is 9.53 Å². The molecule has 0 aliphatic heterocycles. The van der Waals surface area contributed by atoms with Gasteiger partial charge in [0.25, 0.3) is 0 Å². The van der Waals surface area contributed by atoms with Crippen LogP contribution in [0.15, 0.2) is 73.8 Å². The lowest BCUT2D eigenvalue weighted by Gasteiger charge is -2.19. The van der Waals surface area contributed by atoms with Crippen molar-refractivity contribution in [1.29, 1.82) is 0 Å². The summed E-state index contributed by atoms with van der Waals surface area (Å²) in [7, 11) is 0. The van der Waals surface area contributed by atoms with Crippen LogP contribution in [0, 0.1) is 13.8 Å². The van der Waals surface area contributed by atoms with Gasteiger partial charge in [-0.05, 0) is 63.2 Å². The molecule has 0 aromatic heterocycles. The Bertz CT molecular complexity index is 901. The highest BCUT2D eigenvalue weighted by Gasteiger charge is 2.11. The Hall–Kier alpha value is -2.87. The van der Waals surface area contributed by atoms with E-state index >= 15 is 0 Å². The molecule has 0 N–H and O–H groups in total. The van der Waals surface area contributed by atoms with Gasteiger partial charge in [-0.1, -0.05) is 79.4 Å². The van der Waals surface area contributed by atoms with Crippen LogP contribution in [-0.4, -0.2) is 11.9 Å². The van der Waals surface area contributed by atoms with Crippen LogP contribution in [0.3, 0.4) is 0 Å². The van der Waals surface area contributed by atoms with Crippen molar-refractivity contribution in [2.45, 2.75) is 65.4 Å². The number of hydrogen-bond donors (Lipinski definition) is 0. The van der Waals surface area contributed by atoms with Crippen molar-refractivity contribution in [2.24, 2.45) is 0 Å². The van der Waals surface area contributed by atoms with Crippen molar-refractivity contribution >= 4 is 17.1 Å². The highest BCUT2D eigenvalue weighted by Crippen LogP contribution is 2.22. The minimum Gasteiger partial charge on any atom is -0.486 e. The Morgan fingerprint density at radius 3 is 1.87 bits per heavy atom. The van der Waals surface area contributed by atoms with E-state index in [9.17, 15) is 4.79 Å². The first kappa shape index (κ1) is 24.4. The molecular formula is C29H36O2. The van der Waals surface area contributed by atoms with E-state index in [4.69, 9.17) is 4.74 Å². The highest BCUT2D eigenvalue weighted by atomic mass is 16.5. The van der Waals surface area contributed by atoms with Gasteiger partial charge in [-0.15, -0.1) is 0 Å². The molecule has 0 heterocycles. The first-order chi connectivity index (χ1) is 14.8. The zero-order valence-electron chi connectivity index (χ0n) is 19.4. The van der Waals surface area contributed by atoms with E-state index in [2.05, 4.69) is 70.0 Å². The number of benzene rings is 2. The first-order valence-corrected chi connectivity index (χ1v) is 11.1. The van der Waals surface area contributed by atoms with Gasteiger partial charge in [0.15, 0.2) is 0 Å². The minimum absolute atomic E-state index is 0.0951. The molecule has 1 atom stereocenters. The summed E-state index contributed by atoms with van der Waals surface area (Å²) < 4.78 is 5.96. The van der Waals surface area contributed by atoms with Crippen LogP contribution in [0.2, 0.25) is 0 Å². The number of aryl methyl sites for hydroxylation is 2. The van der Waals surface area contributed by atoms with Gasteiger partial charge in [0.05, 0.1) is 0 Å². The average Bonchev–Trinajstić information content (AvgIpc) is 2.75. The molecule has 0 bridgehead atoms. The Labute approximate surface area is 188 Å². The van der Waals surface area contributed by atoms with Gasteiger partial charge in [0, 0.05) is 18.4 Å². The van der Waals surface area contributed by atoms with E-state index in [-0.39, 0.29) is 6.10 Å². The van der Waals surface area contributed by atoms with Crippen LogP contribution >= 0.6 is 0 Å². The second-order valence-corrected chi connectivity index (χ2v) is 8.42. The summed E-state index contributed by atoms with van der Waals surface area (Å²) in [5, 5.41) is 0. The van der Waals surface area contributed by atoms with Crippen LogP contribution in [-0.2, 0) is 9.53 Å². The smallest absolute Gasteiger partial charge is 0.133 e. The third-order valence-electron chi connectivity index (χ3n) is 5.64. The van der Waals surface area contributed by atoms with Crippen LogP contribution in [0.4, 0.5) is 0 Å². The van der Waals surface area contributed by atoms with Crippen LogP contribution in [0.1, 0.15) is 67.7 Å². The molecule has 0 fully saturated rings. The fourth-order valence-electron chi connectivity index (χ4n) is 3.33. The van der Waals surface area contributed by atoms with Crippen molar-refractivity contribution in [1.82, 2.24) is 0 Å². The molecule has 2 aromatic carbocycles. The number of allylic oxidation sites excluding steroid dienone is 1. The number of ketones is 1. The molecular weight excluding hydrogens is 380 g/mol. The highest BCUT2D eigenvalue weighted by molar-refractivity contribution is 5.80. The van der Waals surface area contributed by atoms with E-state index in [0.717, 1.165) is 48.0 Å². The second kappa shape index (κ2) is 12.1. The normalized spacial score (nSPS) is 11.6. The van der Waals surface area contributed by atoms with Crippen molar-refractivity contribution in [3.63, 3.8) is 0 Å². The number of carbonyl (C=O) groups excluding carboxylic acids is 1. The summed E-state index contributed by atoms with van der Waals surface area (Å²) in [6.07, 6.45) is 4.46. The van der Waals surface area contributed by atoms with Gasteiger partial charge in [0.2, 0.25) is 0 Å². The van der Waals surface area contributed by atoms with E-state index < -0.39 is 0 Å². The largest absolute Gasteiger partial charge is 0.486 e. The molecule has 0 radical (unpaired) electrons. The maximum Gasteiger partial charge on any atom is 0.133 e. The van der Waals surface area contributed by atoms with E-state index in [1.54, 1.807) is 0 Å². The molecule has 2 aromatic rings. The van der Waals surface area contributed by atoms with Crippen LogP contribution in [0.25, 0.3) is 11.3 Å². The van der Waals surface area contributed by atoms with E-state index in [1.165, 1.54) is 11.1 Å². The third kappa shape index (κ3) is 8.41. The molecule has 0 aliphatic rings. The molecule has 164 valence electrons. The lowest BCUT2D eigenvalue weighted by atomic mass is 9.98. The monoisotopic (exact) mass is 416 g/mol. The number of hydrogen-bond acceptors (Lipinski definition) is 2. The molecule has 2 rings (SSSR count). The molecule has 31 heavy (non-hydrogen) atoms. The molecule has 0 aliphatic carbocycles. The molecule has 1 unspecified atom stereocenters. The predicted octanol–water partition coefficient (Wildman–Crippen LogP) is 7.86. The minimum atomic E-state index is -0.0951. The summed E-state index contributed by atoms with van der Waals surface area (Å²) in [5.74, 6) is 0.966. The maximum absolute atomic E-state index is 12.2. The Kier molecular flexibility index (Phi) is 9.52. The molecule has 2 nitrogen and oxygen atoms in total. The number of rotatable bonds is 13. The van der Waals surface area contributed by atoms with Gasteiger partial charge in [-0.2, -0.15) is 0 Å². The lowest BCUT2D eigenvalue weighted by Crippen LogP contribution is -2.10. The first-order valence-electron chi connectivity index (χ1n) is 11.1. The number of carbonyl (C=O) groups is 1. The van der Waals surface area contributed by atoms with Crippen molar-refractivity contribution in [3.05, 3.63) is 96.1 Å². The number of ether oxygens (including phenoxy) is 1. The summed E-state index contributed by atoms with van der Waals surface area (Å²) in [6.45, 7) is 18.5. The lowest BCUT2D eigenvalue weighted by molar-refractivity contribution is -0.119. The summed E-state index contributed by atoms with van der Waals surface area (Å²) >= 11 is 0. The Morgan fingerprint density at radius 1 is 0.774 bits per heavy atom. The maximum atomic E-state index is 12.2.